The Morgan fingerprint density at radius 1 is 1.32 bits per heavy atom. The van der Waals surface area contributed by atoms with Crippen LogP contribution in [0.1, 0.15) is 26.7 Å². The Kier molecular flexibility index (Phi) is 3.49. The van der Waals surface area contributed by atoms with Crippen molar-refractivity contribution in [2.24, 2.45) is 12.8 Å². The number of rotatable bonds is 4. The molecule has 0 saturated carbocycles. The number of nitrogens with zero attached hydrogens (tertiary/aromatic N) is 2. The molecule has 0 unspecified atom stereocenters. The Morgan fingerprint density at radius 2 is 2.00 bits per heavy atom. The molecule has 0 spiro atoms. The van der Waals surface area contributed by atoms with Crippen molar-refractivity contribution < 1.29 is 4.39 Å². The number of halogens is 1. The van der Waals surface area contributed by atoms with E-state index in [1.165, 1.54) is 12.1 Å². The van der Waals surface area contributed by atoms with E-state index in [0.29, 0.717) is 12.1 Å². The maximum Gasteiger partial charge on any atom is 0.328 e. The Bertz CT molecular complexity index is 649. The Balaban J connectivity index is 2.35. The average molecular weight is 265 g/mol. The third-order valence-corrected chi connectivity index (χ3v) is 3.31. The summed E-state index contributed by atoms with van der Waals surface area (Å²) in [5, 5.41) is 0. The van der Waals surface area contributed by atoms with Crippen LogP contribution in [0.5, 0.6) is 0 Å². The normalized spacial score (nSPS) is 12.3. The number of hydrogen-bond acceptors (Lipinski definition) is 2. The molecule has 4 nitrogen and oxygen atoms in total. The third kappa shape index (κ3) is 2.87. The first-order chi connectivity index (χ1) is 8.79. The van der Waals surface area contributed by atoms with Crippen LogP contribution in [0.3, 0.4) is 0 Å². The van der Waals surface area contributed by atoms with Gasteiger partial charge in [0.2, 0.25) is 0 Å². The predicted molar refractivity (Wildman–Crippen MR) is 74.6 cm³/mol. The first-order valence-electron chi connectivity index (χ1n) is 6.43. The summed E-state index contributed by atoms with van der Waals surface area (Å²) in [4.78, 5) is 12.1. The van der Waals surface area contributed by atoms with E-state index in [1.54, 1.807) is 22.2 Å². The minimum Gasteiger partial charge on any atom is -0.326 e. The molecular formula is C14H20FN3O. The quantitative estimate of drug-likeness (QED) is 0.919. The molecule has 1 aromatic heterocycles. The van der Waals surface area contributed by atoms with Gasteiger partial charge in [0.25, 0.3) is 0 Å². The van der Waals surface area contributed by atoms with Gasteiger partial charge in [-0.25, -0.2) is 9.18 Å². The zero-order valence-corrected chi connectivity index (χ0v) is 11.6. The molecule has 104 valence electrons. The molecule has 0 aliphatic carbocycles. The second kappa shape index (κ2) is 4.81. The number of fused-ring (bicyclic) bond motifs is 1. The lowest BCUT2D eigenvalue weighted by molar-refractivity contribution is 0.436. The van der Waals surface area contributed by atoms with Crippen LogP contribution in [0.15, 0.2) is 23.0 Å². The number of benzene rings is 1. The van der Waals surface area contributed by atoms with E-state index in [1.807, 2.05) is 13.8 Å². The van der Waals surface area contributed by atoms with Crippen LogP contribution in [0.2, 0.25) is 0 Å². The summed E-state index contributed by atoms with van der Waals surface area (Å²) in [6.45, 7) is 4.47. The van der Waals surface area contributed by atoms with Gasteiger partial charge in [0.1, 0.15) is 5.82 Å². The van der Waals surface area contributed by atoms with Gasteiger partial charge in [0.15, 0.2) is 0 Å². The number of hydrogen-bond donors (Lipinski definition) is 1. The largest absolute Gasteiger partial charge is 0.328 e. The number of aryl methyl sites for hydroxylation is 2. The predicted octanol–water partition coefficient (Wildman–Crippen LogP) is 2.00. The number of imidazole rings is 1. The van der Waals surface area contributed by atoms with Crippen molar-refractivity contribution in [1.82, 2.24) is 9.13 Å². The van der Waals surface area contributed by atoms with Crippen molar-refractivity contribution >= 4 is 11.0 Å². The molecule has 0 bridgehead atoms. The van der Waals surface area contributed by atoms with Crippen LogP contribution in [0.25, 0.3) is 11.0 Å². The summed E-state index contributed by atoms with van der Waals surface area (Å²) in [6, 6.07) is 4.41. The highest BCUT2D eigenvalue weighted by molar-refractivity contribution is 5.76. The van der Waals surface area contributed by atoms with Crippen molar-refractivity contribution in [3.8, 4) is 0 Å². The van der Waals surface area contributed by atoms with E-state index >= 15 is 0 Å². The summed E-state index contributed by atoms with van der Waals surface area (Å²) in [7, 11) is 1.70. The van der Waals surface area contributed by atoms with Crippen molar-refractivity contribution in [2.75, 3.05) is 0 Å². The Hall–Kier alpha value is -1.62. The zero-order chi connectivity index (χ0) is 14.2. The van der Waals surface area contributed by atoms with Gasteiger partial charge in [-0.05, 0) is 44.9 Å². The van der Waals surface area contributed by atoms with Crippen molar-refractivity contribution in [3.63, 3.8) is 0 Å². The van der Waals surface area contributed by atoms with Crippen molar-refractivity contribution in [3.05, 3.63) is 34.5 Å². The SMILES string of the molecule is Cn1c(=O)n(CCCC(C)(C)N)c2cc(F)ccc21. The van der Waals surface area contributed by atoms with Crippen LogP contribution in [0.4, 0.5) is 4.39 Å². The van der Waals surface area contributed by atoms with E-state index in [4.69, 9.17) is 5.73 Å². The van der Waals surface area contributed by atoms with Crippen molar-refractivity contribution in [2.45, 2.75) is 38.8 Å². The average Bonchev–Trinajstić information content (AvgIpc) is 2.52. The van der Waals surface area contributed by atoms with Crippen LogP contribution in [-0.2, 0) is 13.6 Å². The zero-order valence-electron chi connectivity index (χ0n) is 11.6. The van der Waals surface area contributed by atoms with E-state index in [2.05, 4.69) is 0 Å². The molecule has 0 fully saturated rings. The number of aromatic nitrogens is 2. The van der Waals surface area contributed by atoms with Gasteiger partial charge in [0, 0.05) is 19.1 Å². The van der Waals surface area contributed by atoms with Crippen LogP contribution in [0, 0.1) is 5.82 Å². The van der Waals surface area contributed by atoms with Crippen molar-refractivity contribution in [1.29, 1.82) is 0 Å². The molecule has 19 heavy (non-hydrogen) atoms. The van der Waals surface area contributed by atoms with Crippen LogP contribution >= 0.6 is 0 Å². The highest BCUT2D eigenvalue weighted by atomic mass is 19.1. The molecule has 2 N–H and O–H groups in total. The molecule has 2 aromatic rings. The minimum absolute atomic E-state index is 0.115. The summed E-state index contributed by atoms with van der Waals surface area (Å²) in [5.41, 5.74) is 6.95. The summed E-state index contributed by atoms with van der Waals surface area (Å²) in [6.07, 6.45) is 1.60. The molecule has 0 atom stereocenters. The molecule has 0 aliphatic heterocycles. The Labute approximate surface area is 111 Å². The molecule has 2 rings (SSSR count). The second-order valence-electron chi connectivity index (χ2n) is 5.72. The molecular weight excluding hydrogens is 245 g/mol. The third-order valence-electron chi connectivity index (χ3n) is 3.31. The van der Waals surface area contributed by atoms with Gasteiger partial charge in [-0.15, -0.1) is 0 Å². The topological polar surface area (TPSA) is 53.0 Å². The summed E-state index contributed by atoms with van der Waals surface area (Å²) >= 11 is 0. The highest BCUT2D eigenvalue weighted by Crippen LogP contribution is 2.15. The van der Waals surface area contributed by atoms with Crippen LogP contribution < -0.4 is 11.4 Å². The van der Waals surface area contributed by atoms with Gasteiger partial charge < -0.3 is 5.73 Å². The molecule has 1 aromatic carbocycles. The second-order valence-corrected chi connectivity index (χ2v) is 5.72. The van der Waals surface area contributed by atoms with E-state index < -0.39 is 0 Å². The van der Waals surface area contributed by atoms with Crippen LogP contribution in [-0.4, -0.2) is 14.7 Å². The fourth-order valence-electron chi connectivity index (χ4n) is 2.29. The lowest BCUT2D eigenvalue weighted by atomic mass is 10.0. The lowest BCUT2D eigenvalue weighted by Gasteiger charge is -2.17. The van der Waals surface area contributed by atoms with Gasteiger partial charge in [0.05, 0.1) is 11.0 Å². The first kappa shape index (κ1) is 13.8. The maximum atomic E-state index is 13.3. The summed E-state index contributed by atoms with van der Waals surface area (Å²) in [5.74, 6) is -0.328. The Morgan fingerprint density at radius 3 is 2.63 bits per heavy atom. The maximum absolute atomic E-state index is 13.3. The fraction of sp³-hybridized carbons (Fsp3) is 0.500. The minimum atomic E-state index is -0.328. The van der Waals surface area contributed by atoms with Gasteiger partial charge in [-0.3, -0.25) is 9.13 Å². The fourth-order valence-corrected chi connectivity index (χ4v) is 2.29. The molecule has 1 heterocycles. The van der Waals surface area contributed by atoms with Gasteiger partial charge >= 0.3 is 5.69 Å². The molecule has 0 amide bonds. The first-order valence-corrected chi connectivity index (χ1v) is 6.43. The van der Waals surface area contributed by atoms with Gasteiger partial charge in [-0.1, -0.05) is 0 Å². The molecule has 0 saturated heterocycles. The molecule has 5 heteroatoms. The molecule has 0 aliphatic rings. The molecule has 0 radical (unpaired) electrons. The van der Waals surface area contributed by atoms with E-state index in [0.717, 1.165) is 18.4 Å². The monoisotopic (exact) mass is 265 g/mol. The van der Waals surface area contributed by atoms with Gasteiger partial charge in [-0.2, -0.15) is 0 Å². The number of nitrogens with two attached hydrogens (primary N) is 1. The lowest BCUT2D eigenvalue weighted by Crippen LogP contribution is -2.32. The van der Waals surface area contributed by atoms with E-state index in [-0.39, 0.29) is 17.0 Å². The standard InChI is InChI=1S/C14H20FN3O/c1-14(2,16)7-4-8-18-12-9-10(15)5-6-11(12)17(3)13(18)19/h5-6,9H,4,7-8,16H2,1-3H3. The smallest absolute Gasteiger partial charge is 0.326 e. The van der Waals surface area contributed by atoms with E-state index in [9.17, 15) is 9.18 Å². The highest BCUT2D eigenvalue weighted by Gasteiger charge is 2.14. The summed E-state index contributed by atoms with van der Waals surface area (Å²) < 4.78 is 16.5.